The summed E-state index contributed by atoms with van der Waals surface area (Å²) in [5, 5.41) is 0. The van der Waals surface area contributed by atoms with Gasteiger partial charge in [-0.1, -0.05) is 103 Å². The van der Waals surface area contributed by atoms with E-state index in [0.717, 1.165) is 6.42 Å². The molecule has 0 fully saturated rings. The Kier molecular flexibility index (Phi) is 21.3. The molecule has 0 aromatic carbocycles. The van der Waals surface area contributed by atoms with Crippen molar-refractivity contribution in [3.63, 3.8) is 0 Å². The van der Waals surface area contributed by atoms with Crippen LogP contribution in [-0.2, 0) is 13.6 Å². The van der Waals surface area contributed by atoms with E-state index >= 15 is 0 Å². The van der Waals surface area contributed by atoms with Crippen LogP contribution in [0.15, 0.2) is 0 Å². The van der Waals surface area contributed by atoms with Crippen molar-refractivity contribution >= 4 is 8.25 Å². The normalized spacial score (nSPS) is 12.6. The van der Waals surface area contributed by atoms with Gasteiger partial charge in [0.05, 0.1) is 13.2 Å². The van der Waals surface area contributed by atoms with Crippen LogP contribution < -0.4 is 0 Å². The Morgan fingerprint density at radius 3 is 1.29 bits per heavy atom. The zero-order valence-corrected chi connectivity index (χ0v) is 17.5. The maximum atomic E-state index is 11.1. The molecule has 3 nitrogen and oxygen atoms in total. The molecule has 24 heavy (non-hydrogen) atoms. The number of hydrogen-bond donors (Lipinski definition) is 0. The Labute approximate surface area is 152 Å². The Morgan fingerprint density at radius 1 is 0.542 bits per heavy atom. The molecule has 0 rings (SSSR count). The Balaban J connectivity index is 3.01. The van der Waals surface area contributed by atoms with E-state index < -0.39 is 8.25 Å². The van der Waals surface area contributed by atoms with E-state index in [-0.39, 0.29) is 0 Å². The van der Waals surface area contributed by atoms with E-state index in [1.807, 2.05) is 6.92 Å². The highest BCUT2D eigenvalue weighted by Gasteiger charge is 1.98. The van der Waals surface area contributed by atoms with Crippen molar-refractivity contribution in [2.45, 2.75) is 117 Å². The van der Waals surface area contributed by atoms with Crippen LogP contribution >= 0.6 is 8.25 Å². The summed E-state index contributed by atoms with van der Waals surface area (Å²) < 4.78 is 21.2. The highest BCUT2D eigenvalue weighted by Crippen LogP contribution is 2.23. The standard InChI is InChI=1S/C20H43O3P/c1-3-5-6-7-8-9-10-11-12-13-14-15-16-17-18-19-20-23-24(21)22-4-2/h24H,3-20H2,1-2H3. The van der Waals surface area contributed by atoms with Crippen LogP contribution in [0.1, 0.15) is 117 Å². The van der Waals surface area contributed by atoms with Crippen LogP contribution in [-0.4, -0.2) is 13.2 Å². The molecule has 0 aliphatic heterocycles. The molecule has 0 amide bonds. The second-order valence-corrected chi connectivity index (χ2v) is 7.91. The van der Waals surface area contributed by atoms with Crippen molar-refractivity contribution in [1.82, 2.24) is 0 Å². The molecule has 0 N–H and O–H groups in total. The molecule has 1 atom stereocenters. The summed E-state index contributed by atoms with van der Waals surface area (Å²) in [5.41, 5.74) is 0. The van der Waals surface area contributed by atoms with Crippen LogP contribution in [0.2, 0.25) is 0 Å². The van der Waals surface area contributed by atoms with Crippen LogP contribution in [0.5, 0.6) is 0 Å². The fourth-order valence-corrected chi connectivity index (χ4v) is 3.60. The Morgan fingerprint density at radius 2 is 0.917 bits per heavy atom. The second-order valence-electron chi connectivity index (χ2n) is 6.83. The maximum absolute atomic E-state index is 11.1. The maximum Gasteiger partial charge on any atom is 0.319 e. The molecule has 0 saturated heterocycles. The third kappa shape index (κ3) is 20.2. The van der Waals surface area contributed by atoms with Crippen molar-refractivity contribution in [2.75, 3.05) is 13.2 Å². The van der Waals surface area contributed by atoms with Crippen LogP contribution in [0.4, 0.5) is 0 Å². The highest BCUT2D eigenvalue weighted by atomic mass is 31.1. The fourth-order valence-electron chi connectivity index (χ4n) is 2.97. The number of unbranched alkanes of at least 4 members (excludes halogenated alkanes) is 15. The topological polar surface area (TPSA) is 35.5 Å². The summed E-state index contributed by atoms with van der Waals surface area (Å²) in [6.07, 6.45) is 21.8. The predicted octanol–water partition coefficient (Wildman–Crippen LogP) is 7.69. The highest BCUT2D eigenvalue weighted by molar-refractivity contribution is 7.33. The first-order valence-electron chi connectivity index (χ1n) is 10.6. The van der Waals surface area contributed by atoms with E-state index in [1.54, 1.807) is 0 Å². The Hall–Kier alpha value is 0.150. The lowest BCUT2D eigenvalue weighted by molar-refractivity contribution is 0.229. The average molecular weight is 363 g/mol. The summed E-state index contributed by atoms with van der Waals surface area (Å²) >= 11 is 0. The molecule has 0 aliphatic rings. The third-order valence-electron chi connectivity index (χ3n) is 4.48. The summed E-state index contributed by atoms with van der Waals surface area (Å²) in [6, 6.07) is 0. The van der Waals surface area contributed by atoms with Gasteiger partial charge in [-0.25, -0.2) is 0 Å². The zero-order chi connectivity index (χ0) is 17.7. The van der Waals surface area contributed by atoms with Gasteiger partial charge in [0.2, 0.25) is 0 Å². The third-order valence-corrected chi connectivity index (χ3v) is 5.44. The van der Waals surface area contributed by atoms with Gasteiger partial charge in [0.1, 0.15) is 0 Å². The Bertz CT molecular complexity index is 259. The minimum atomic E-state index is -2.21. The van der Waals surface area contributed by atoms with E-state index in [4.69, 9.17) is 9.05 Å². The molecule has 0 heterocycles. The molecule has 0 saturated carbocycles. The largest absolute Gasteiger partial charge is 0.319 e. The van der Waals surface area contributed by atoms with Gasteiger partial charge in [-0.15, -0.1) is 0 Å². The molecular weight excluding hydrogens is 319 g/mol. The molecule has 1 unspecified atom stereocenters. The first kappa shape index (κ1) is 24.1. The summed E-state index contributed by atoms with van der Waals surface area (Å²) in [5.74, 6) is 0. The second kappa shape index (κ2) is 21.2. The first-order chi connectivity index (χ1) is 11.8. The van der Waals surface area contributed by atoms with Gasteiger partial charge in [-0.05, 0) is 13.3 Å². The summed E-state index contributed by atoms with van der Waals surface area (Å²) in [7, 11) is -2.21. The minimum absolute atomic E-state index is 0.469. The predicted molar refractivity (Wildman–Crippen MR) is 106 cm³/mol. The summed E-state index contributed by atoms with van der Waals surface area (Å²) in [4.78, 5) is 0. The van der Waals surface area contributed by atoms with Crippen molar-refractivity contribution in [1.29, 1.82) is 0 Å². The zero-order valence-electron chi connectivity index (χ0n) is 16.5. The van der Waals surface area contributed by atoms with Crippen LogP contribution in [0.3, 0.4) is 0 Å². The number of rotatable bonds is 20. The van der Waals surface area contributed by atoms with Crippen LogP contribution in [0.25, 0.3) is 0 Å². The molecule has 0 aromatic heterocycles. The summed E-state index contributed by atoms with van der Waals surface area (Å²) in [6.45, 7) is 5.16. The molecule has 146 valence electrons. The van der Waals surface area contributed by atoms with E-state index in [9.17, 15) is 4.57 Å². The molecule has 0 radical (unpaired) electrons. The molecule has 0 bridgehead atoms. The lowest BCUT2D eigenvalue weighted by atomic mass is 10.0. The molecule has 0 spiro atoms. The molecular formula is C20H43O3P. The number of hydrogen-bond acceptors (Lipinski definition) is 3. The van der Waals surface area contributed by atoms with Crippen LogP contribution in [0, 0.1) is 0 Å². The van der Waals surface area contributed by atoms with Gasteiger partial charge < -0.3 is 9.05 Å². The monoisotopic (exact) mass is 362 g/mol. The van der Waals surface area contributed by atoms with Crippen molar-refractivity contribution in [2.24, 2.45) is 0 Å². The average Bonchev–Trinajstić information content (AvgIpc) is 2.58. The van der Waals surface area contributed by atoms with Crippen molar-refractivity contribution in [3.05, 3.63) is 0 Å². The van der Waals surface area contributed by atoms with Gasteiger partial charge in [0, 0.05) is 0 Å². The first-order valence-corrected chi connectivity index (χ1v) is 11.8. The van der Waals surface area contributed by atoms with E-state index in [0.29, 0.717) is 13.2 Å². The molecule has 0 aromatic rings. The van der Waals surface area contributed by atoms with Gasteiger partial charge >= 0.3 is 8.25 Å². The van der Waals surface area contributed by atoms with Crippen molar-refractivity contribution < 1.29 is 13.6 Å². The van der Waals surface area contributed by atoms with E-state index in [1.165, 1.54) is 96.3 Å². The van der Waals surface area contributed by atoms with Gasteiger partial charge in [0.25, 0.3) is 0 Å². The SMILES string of the molecule is CCCCCCCCCCCCCCCCCCO[PH](=O)OCC. The smallest absolute Gasteiger partial charge is 0.311 e. The lowest BCUT2D eigenvalue weighted by Crippen LogP contribution is -1.89. The van der Waals surface area contributed by atoms with Crippen molar-refractivity contribution in [3.8, 4) is 0 Å². The minimum Gasteiger partial charge on any atom is -0.311 e. The van der Waals surface area contributed by atoms with Gasteiger partial charge in [-0.2, -0.15) is 0 Å². The quantitative estimate of drug-likeness (QED) is 0.164. The lowest BCUT2D eigenvalue weighted by Gasteiger charge is -2.04. The van der Waals surface area contributed by atoms with Gasteiger partial charge in [0.15, 0.2) is 0 Å². The van der Waals surface area contributed by atoms with E-state index in [2.05, 4.69) is 6.92 Å². The molecule has 0 aliphatic carbocycles. The fraction of sp³-hybridized carbons (Fsp3) is 1.00. The molecule has 4 heteroatoms. The van der Waals surface area contributed by atoms with Gasteiger partial charge in [-0.3, -0.25) is 4.57 Å².